The number of aliphatic hydroxyl groups excluding tert-OH is 3. The Kier molecular flexibility index (Phi) is 7.18. The Morgan fingerprint density at radius 2 is 1.93 bits per heavy atom. The molecule has 5 unspecified atom stereocenters. The van der Waals surface area contributed by atoms with Crippen LogP contribution in [-0.2, 0) is 19.1 Å². The minimum Gasteiger partial charge on any atom is -0.462 e. The highest BCUT2D eigenvalue weighted by molar-refractivity contribution is 5.90. The third kappa shape index (κ3) is 4.01. The van der Waals surface area contributed by atoms with Crippen LogP contribution in [0.15, 0.2) is 4.99 Å². The second kappa shape index (κ2) is 8.39. The van der Waals surface area contributed by atoms with Crippen molar-refractivity contribution in [2.24, 2.45) is 22.2 Å². The largest absolute Gasteiger partial charge is 0.462 e. The van der Waals surface area contributed by atoms with Gasteiger partial charge in [-0.3, -0.25) is 4.79 Å². The van der Waals surface area contributed by atoms with Gasteiger partial charge in [0, 0.05) is 0 Å². The van der Waals surface area contributed by atoms with Crippen LogP contribution in [0.5, 0.6) is 0 Å². The highest BCUT2D eigenvalue weighted by Gasteiger charge is 2.69. The van der Waals surface area contributed by atoms with Crippen molar-refractivity contribution < 1.29 is 43.2 Å². The van der Waals surface area contributed by atoms with Crippen molar-refractivity contribution in [3.8, 4) is 0 Å². The van der Waals surface area contributed by atoms with Crippen molar-refractivity contribution in [2.75, 3.05) is 13.2 Å². The number of ether oxygens (including phenoxy) is 2. The number of guanidine groups is 1. The van der Waals surface area contributed by atoms with E-state index in [1.54, 1.807) is 0 Å². The molecule has 0 aromatic carbocycles. The summed E-state index contributed by atoms with van der Waals surface area (Å²) in [5.41, 5.74) is 13.7. The topological polar surface area (TPSA) is 204 Å². The number of aliphatic hydroxyl groups is 3. The van der Waals surface area contributed by atoms with Crippen LogP contribution in [0.4, 0.5) is 8.78 Å². The summed E-state index contributed by atoms with van der Waals surface area (Å²) in [7, 11) is 0. The molecule has 27 heavy (non-hydrogen) atoms. The average Bonchev–Trinajstić information content (AvgIpc) is 2.60. The Hall–Kier alpha value is -1.93. The van der Waals surface area contributed by atoms with Crippen molar-refractivity contribution in [3.63, 3.8) is 0 Å². The molecule has 156 valence electrons. The Bertz CT molecular complexity index is 606. The lowest BCUT2D eigenvalue weighted by Gasteiger charge is -2.50. The van der Waals surface area contributed by atoms with Gasteiger partial charge in [0.1, 0.15) is 29.9 Å². The number of carbonyl (C=O) groups excluding carboxylic acids is 2. The average molecular weight is 398 g/mol. The second-order valence-corrected chi connectivity index (χ2v) is 6.03. The fourth-order valence-corrected chi connectivity index (χ4v) is 2.75. The van der Waals surface area contributed by atoms with E-state index in [1.807, 2.05) is 0 Å². The maximum Gasteiger partial charge on any atom is 0.375 e. The molecular formula is C14H24F2N4O7. The Morgan fingerprint density at radius 3 is 2.33 bits per heavy atom. The predicted molar refractivity (Wildman–Crippen MR) is 86.5 cm³/mol. The first kappa shape index (κ1) is 23.1. The molecule has 1 aliphatic rings. The molecule has 0 aromatic heterocycles. The second-order valence-electron chi connectivity index (χ2n) is 6.03. The molecule has 0 saturated carbocycles. The molecule has 1 fully saturated rings. The number of ketones is 1. The number of esters is 1. The Labute approximate surface area is 153 Å². The van der Waals surface area contributed by atoms with Crippen molar-refractivity contribution >= 4 is 17.7 Å². The number of Topliss-reactive ketones (excluding diaryl/α,β-unsaturated/α-hetero) is 1. The maximum absolute atomic E-state index is 15.2. The third-order valence-corrected chi connectivity index (χ3v) is 4.23. The molecule has 1 saturated heterocycles. The van der Waals surface area contributed by atoms with Crippen molar-refractivity contribution in [1.29, 1.82) is 0 Å². The molecule has 11 nitrogen and oxygen atoms in total. The number of halogens is 2. The standard InChI is InChI=1S/C14H24F2N4O7/c1-3-26-11(25)14(16)8(15)9(20-12(17)18)13(19,5(2)22)10(27-14)7(24)6(23)4-21/h6-10,21,23-24H,3-4,19H2,1-2H3,(H4,17,18,20)/t6-,7-,8?,9?,10?,13?,14?/m1/s1. The van der Waals surface area contributed by atoms with Crippen LogP contribution in [0.25, 0.3) is 0 Å². The lowest BCUT2D eigenvalue weighted by Crippen LogP contribution is -2.79. The summed E-state index contributed by atoms with van der Waals surface area (Å²) in [4.78, 5) is 27.5. The van der Waals surface area contributed by atoms with Crippen LogP contribution >= 0.6 is 0 Å². The number of hydrogen-bond acceptors (Lipinski definition) is 9. The van der Waals surface area contributed by atoms with E-state index >= 15 is 4.39 Å². The summed E-state index contributed by atoms with van der Waals surface area (Å²) in [6.45, 7) is 0.793. The van der Waals surface area contributed by atoms with Gasteiger partial charge in [0.15, 0.2) is 17.9 Å². The molecule has 0 bridgehead atoms. The first-order valence-corrected chi connectivity index (χ1v) is 7.91. The fourth-order valence-electron chi connectivity index (χ4n) is 2.75. The van der Waals surface area contributed by atoms with Gasteiger partial charge in [-0.1, -0.05) is 0 Å². The lowest BCUT2D eigenvalue weighted by molar-refractivity contribution is -0.286. The number of nitrogens with zero attached hydrogens (tertiary/aromatic N) is 1. The van der Waals surface area contributed by atoms with Gasteiger partial charge >= 0.3 is 11.8 Å². The van der Waals surface area contributed by atoms with Crippen LogP contribution < -0.4 is 17.2 Å². The number of nitrogens with two attached hydrogens (primary N) is 3. The number of rotatable bonds is 7. The summed E-state index contributed by atoms with van der Waals surface area (Å²) in [5.74, 6) is -7.49. The van der Waals surface area contributed by atoms with Crippen molar-refractivity contribution in [3.05, 3.63) is 0 Å². The highest BCUT2D eigenvalue weighted by atomic mass is 19.2. The van der Waals surface area contributed by atoms with Crippen molar-refractivity contribution in [2.45, 2.75) is 55.8 Å². The molecule has 9 N–H and O–H groups in total. The van der Waals surface area contributed by atoms with E-state index in [-0.39, 0.29) is 6.61 Å². The maximum atomic E-state index is 15.2. The van der Waals surface area contributed by atoms with Crippen molar-refractivity contribution in [1.82, 2.24) is 0 Å². The van der Waals surface area contributed by atoms with Gasteiger partial charge in [0.05, 0.1) is 13.2 Å². The predicted octanol–water partition coefficient (Wildman–Crippen LogP) is -3.41. The van der Waals surface area contributed by atoms with E-state index in [0.717, 1.165) is 6.92 Å². The highest BCUT2D eigenvalue weighted by Crippen LogP contribution is 2.42. The zero-order valence-corrected chi connectivity index (χ0v) is 14.7. The van der Waals surface area contributed by atoms with E-state index in [4.69, 9.17) is 27.0 Å². The van der Waals surface area contributed by atoms with Crippen LogP contribution in [0.3, 0.4) is 0 Å². The summed E-state index contributed by atoms with van der Waals surface area (Å²) in [6, 6.07) is -2.21. The van der Waals surface area contributed by atoms with Gasteiger partial charge in [-0.15, -0.1) is 0 Å². The minimum atomic E-state index is -3.85. The summed E-state index contributed by atoms with van der Waals surface area (Å²) in [6.07, 6.45) is -9.40. The summed E-state index contributed by atoms with van der Waals surface area (Å²) >= 11 is 0. The molecule has 0 radical (unpaired) electrons. The summed E-state index contributed by atoms with van der Waals surface area (Å²) < 4.78 is 39.3. The monoisotopic (exact) mass is 398 g/mol. The fraction of sp³-hybridized carbons (Fsp3) is 0.786. The molecule has 1 rings (SSSR count). The van der Waals surface area contributed by atoms with Gasteiger partial charge in [-0.05, 0) is 13.8 Å². The van der Waals surface area contributed by atoms with Gasteiger partial charge in [0.25, 0.3) is 0 Å². The van der Waals surface area contributed by atoms with Gasteiger partial charge < -0.3 is 42.0 Å². The van der Waals surface area contributed by atoms with Gasteiger partial charge in [-0.25, -0.2) is 14.2 Å². The van der Waals surface area contributed by atoms with E-state index in [9.17, 15) is 24.2 Å². The minimum absolute atomic E-state index is 0.347. The number of alkyl halides is 2. The smallest absolute Gasteiger partial charge is 0.375 e. The number of aliphatic imine (C=N–C) groups is 1. The normalized spacial score (nSPS) is 35.8. The quantitative estimate of drug-likeness (QED) is 0.142. The third-order valence-electron chi connectivity index (χ3n) is 4.23. The van der Waals surface area contributed by atoms with Gasteiger partial charge in [-0.2, -0.15) is 4.39 Å². The molecule has 0 aliphatic carbocycles. The molecule has 13 heteroatoms. The first-order chi connectivity index (χ1) is 12.4. The molecule has 0 spiro atoms. The first-order valence-electron chi connectivity index (χ1n) is 7.91. The van der Waals surface area contributed by atoms with Crippen LogP contribution in [0, 0.1) is 0 Å². The molecule has 1 heterocycles. The SMILES string of the molecule is CCOC(=O)C1(F)OC([C@H](O)[C@H](O)CO)C(N)(C(C)=O)C(N=C(N)N)C1F. The van der Waals surface area contributed by atoms with E-state index in [1.165, 1.54) is 6.92 Å². The Morgan fingerprint density at radius 1 is 1.37 bits per heavy atom. The molecule has 0 amide bonds. The molecular weight excluding hydrogens is 374 g/mol. The molecule has 1 aliphatic heterocycles. The van der Waals surface area contributed by atoms with E-state index in [2.05, 4.69) is 9.73 Å². The molecule has 7 atom stereocenters. The van der Waals surface area contributed by atoms with E-state index < -0.39 is 66.2 Å². The Balaban J connectivity index is 3.63. The van der Waals surface area contributed by atoms with Crippen LogP contribution in [0.2, 0.25) is 0 Å². The summed E-state index contributed by atoms with van der Waals surface area (Å²) in [5, 5.41) is 28.9. The van der Waals surface area contributed by atoms with Crippen LogP contribution in [-0.4, -0.2) is 88.2 Å². The zero-order chi connectivity index (χ0) is 21.2. The number of carbonyl (C=O) groups is 2. The zero-order valence-electron chi connectivity index (χ0n) is 14.7. The number of hydrogen-bond donors (Lipinski definition) is 6. The van der Waals surface area contributed by atoms with Crippen LogP contribution in [0.1, 0.15) is 13.8 Å². The lowest BCUT2D eigenvalue weighted by atomic mass is 9.73. The van der Waals surface area contributed by atoms with Gasteiger partial charge in [0.2, 0.25) is 0 Å². The van der Waals surface area contributed by atoms with E-state index in [0.29, 0.717) is 0 Å². The molecule has 0 aromatic rings.